The van der Waals surface area contributed by atoms with Crippen LogP contribution in [0.3, 0.4) is 0 Å². The number of rotatable bonds is 3. The van der Waals surface area contributed by atoms with Gasteiger partial charge in [-0.3, -0.25) is 0 Å². The lowest BCUT2D eigenvalue weighted by molar-refractivity contribution is -0.141. The predicted molar refractivity (Wildman–Crippen MR) is 84.1 cm³/mol. The van der Waals surface area contributed by atoms with Gasteiger partial charge in [-0.25, -0.2) is 9.97 Å². The molecule has 1 aliphatic heterocycles. The number of anilines is 2. The highest BCUT2D eigenvalue weighted by atomic mass is 19.4. The van der Waals surface area contributed by atoms with E-state index < -0.39 is 11.9 Å². The van der Waals surface area contributed by atoms with E-state index in [1.807, 2.05) is 15.7 Å². The van der Waals surface area contributed by atoms with Crippen molar-refractivity contribution < 1.29 is 13.2 Å². The van der Waals surface area contributed by atoms with Gasteiger partial charge in [0, 0.05) is 45.6 Å². The van der Waals surface area contributed by atoms with Crippen LogP contribution in [0.4, 0.5) is 24.9 Å². The van der Waals surface area contributed by atoms with E-state index >= 15 is 0 Å². The summed E-state index contributed by atoms with van der Waals surface area (Å²) in [6.45, 7) is 1.20. The molecular formula is C15H19F3N6. The third-order valence-electron chi connectivity index (χ3n) is 4.08. The molecule has 0 radical (unpaired) electrons. The van der Waals surface area contributed by atoms with E-state index in [9.17, 15) is 13.2 Å². The minimum atomic E-state index is -4.50. The van der Waals surface area contributed by atoms with Gasteiger partial charge in [0.25, 0.3) is 0 Å². The van der Waals surface area contributed by atoms with Crippen molar-refractivity contribution in [1.82, 2.24) is 19.5 Å². The monoisotopic (exact) mass is 340 g/mol. The van der Waals surface area contributed by atoms with Crippen LogP contribution in [0.15, 0.2) is 24.8 Å². The lowest BCUT2D eigenvalue weighted by Gasteiger charge is -2.34. The van der Waals surface area contributed by atoms with Crippen LogP contribution in [0, 0.1) is 0 Å². The standard InChI is InChI=1S/C15H19F3N6/c1-22(2)13-8-12(15(16,17)18)20-14(21-13)23-6-3-4-11(9-23)24-7-5-19-10-24/h5,7-8,10-11H,3-4,6,9H2,1-2H3/t11-/m0/s1. The number of piperidine rings is 1. The Morgan fingerprint density at radius 2 is 2.04 bits per heavy atom. The average Bonchev–Trinajstić information content (AvgIpc) is 3.08. The fourth-order valence-electron chi connectivity index (χ4n) is 2.80. The molecule has 24 heavy (non-hydrogen) atoms. The van der Waals surface area contributed by atoms with Crippen molar-refractivity contribution in [2.75, 3.05) is 37.0 Å². The second-order valence-electron chi connectivity index (χ2n) is 6.06. The first-order valence-corrected chi connectivity index (χ1v) is 7.70. The molecule has 0 bridgehead atoms. The van der Waals surface area contributed by atoms with Gasteiger partial charge in [0.1, 0.15) is 5.82 Å². The minimum absolute atomic E-state index is 0.123. The van der Waals surface area contributed by atoms with Gasteiger partial charge in [-0.1, -0.05) is 0 Å². The van der Waals surface area contributed by atoms with E-state index in [-0.39, 0.29) is 17.8 Å². The summed E-state index contributed by atoms with van der Waals surface area (Å²) in [5, 5.41) is 0. The Bertz CT molecular complexity index is 683. The summed E-state index contributed by atoms with van der Waals surface area (Å²) in [7, 11) is 3.33. The second kappa shape index (κ2) is 6.29. The quantitative estimate of drug-likeness (QED) is 0.860. The summed E-state index contributed by atoms with van der Waals surface area (Å²) in [5.41, 5.74) is -0.916. The first kappa shape index (κ1) is 16.5. The van der Waals surface area contributed by atoms with Crippen molar-refractivity contribution in [2.24, 2.45) is 0 Å². The first-order chi connectivity index (χ1) is 11.3. The molecule has 0 aromatic carbocycles. The SMILES string of the molecule is CN(C)c1cc(C(F)(F)F)nc(N2CCC[C@H](n3ccnc3)C2)n1. The molecule has 3 heterocycles. The van der Waals surface area contributed by atoms with Crippen molar-refractivity contribution in [2.45, 2.75) is 25.1 Å². The van der Waals surface area contributed by atoms with E-state index in [1.54, 1.807) is 31.5 Å². The predicted octanol–water partition coefficient (Wildman–Crippen LogP) is 2.60. The zero-order chi connectivity index (χ0) is 17.3. The van der Waals surface area contributed by atoms with Crippen molar-refractivity contribution in [3.05, 3.63) is 30.5 Å². The van der Waals surface area contributed by atoms with Gasteiger partial charge >= 0.3 is 6.18 Å². The largest absolute Gasteiger partial charge is 0.433 e. The molecule has 1 atom stereocenters. The molecule has 1 saturated heterocycles. The molecule has 0 amide bonds. The van der Waals surface area contributed by atoms with Gasteiger partial charge in [0.05, 0.1) is 12.4 Å². The highest BCUT2D eigenvalue weighted by Crippen LogP contribution is 2.32. The summed E-state index contributed by atoms with van der Waals surface area (Å²) in [6, 6.07) is 1.13. The summed E-state index contributed by atoms with van der Waals surface area (Å²) >= 11 is 0. The lowest BCUT2D eigenvalue weighted by atomic mass is 10.1. The van der Waals surface area contributed by atoms with Crippen LogP contribution in [0.1, 0.15) is 24.6 Å². The fourth-order valence-corrected chi connectivity index (χ4v) is 2.80. The molecule has 0 saturated carbocycles. The maximum atomic E-state index is 13.1. The number of halogens is 3. The number of hydrogen-bond donors (Lipinski definition) is 0. The molecule has 6 nitrogen and oxygen atoms in total. The molecular weight excluding hydrogens is 321 g/mol. The average molecular weight is 340 g/mol. The van der Waals surface area contributed by atoms with Crippen LogP contribution in [0.25, 0.3) is 0 Å². The molecule has 2 aromatic rings. The smallest absolute Gasteiger partial charge is 0.363 e. The van der Waals surface area contributed by atoms with E-state index in [2.05, 4.69) is 15.0 Å². The van der Waals surface area contributed by atoms with Crippen LogP contribution in [-0.2, 0) is 6.18 Å². The minimum Gasteiger partial charge on any atom is -0.363 e. The van der Waals surface area contributed by atoms with Crippen LogP contribution < -0.4 is 9.80 Å². The number of hydrogen-bond acceptors (Lipinski definition) is 5. The van der Waals surface area contributed by atoms with Crippen LogP contribution >= 0.6 is 0 Å². The summed E-state index contributed by atoms with van der Waals surface area (Å²) in [6.07, 6.45) is 2.61. The van der Waals surface area contributed by atoms with Crippen molar-refractivity contribution >= 4 is 11.8 Å². The molecule has 0 unspecified atom stereocenters. The highest BCUT2D eigenvalue weighted by Gasteiger charge is 2.35. The summed E-state index contributed by atoms with van der Waals surface area (Å²) < 4.78 is 41.4. The molecule has 130 valence electrons. The highest BCUT2D eigenvalue weighted by molar-refractivity contribution is 5.46. The Hall–Kier alpha value is -2.32. The molecule has 9 heteroatoms. The van der Waals surface area contributed by atoms with Crippen molar-refractivity contribution in [3.63, 3.8) is 0 Å². The van der Waals surface area contributed by atoms with Crippen LogP contribution in [-0.4, -0.2) is 46.7 Å². The van der Waals surface area contributed by atoms with Gasteiger partial charge in [-0.05, 0) is 12.8 Å². The van der Waals surface area contributed by atoms with Gasteiger partial charge in [0.15, 0.2) is 5.69 Å². The number of imidazole rings is 1. The van der Waals surface area contributed by atoms with Gasteiger partial charge in [0.2, 0.25) is 5.95 Å². The zero-order valence-electron chi connectivity index (χ0n) is 13.5. The zero-order valence-corrected chi connectivity index (χ0v) is 13.5. The fraction of sp³-hybridized carbons (Fsp3) is 0.533. The topological polar surface area (TPSA) is 50.1 Å². The van der Waals surface area contributed by atoms with E-state index in [4.69, 9.17) is 0 Å². The Kier molecular flexibility index (Phi) is 4.33. The van der Waals surface area contributed by atoms with Crippen LogP contribution in [0.2, 0.25) is 0 Å². The summed E-state index contributed by atoms with van der Waals surface area (Å²) in [4.78, 5) is 15.5. The molecule has 0 spiro atoms. The van der Waals surface area contributed by atoms with Gasteiger partial charge in [-0.15, -0.1) is 0 Å². The Morgan fingerprint density at radius 3 is 2.67 bits per heavy atom. The Balaban J connectivity index is 1.91. The maximum absolute atomic E-state index is 13.1. The Labute approximate surface area is 137 Å². The lowest BCUT2D eigenvalue weighted by Crippen LogP contribution is -2.38. The molecule has 1 aliphatic rings. The van der Waals surface area contributed by atoms with Gasteiger partial charge in [-0.2, -0.15) is 18.2 Å². The van der Waals surface area contributed by atoms with Crippen LogP contribution in [0.5, 0.6) is 0 Å². The molecule has 2 aromatic heterocycles. The third kappa shape index (κ3) is 3.44. The van der Waals surface area contributed by atoms with Crippen molar-refractivity contribution in [3.8, 4) is 0 Å². The molecule has 0 aliphatic carbocycles. The molecule has 1 fully saturated rings. The third-order valence-corrected chi connectivity index (χ3v) is 4.08. The molecule has 3 rings (SSSR count). The van der Waals surface area contributed by atoms with E-state index in [1.165, 1.54) is 0 Å². The first-order valence-electron chi connectivity index (χ1n) is 7.70. The normalized spacial score (nSPS) is 18.7. The Morgan fingerprint density at radius 1 is 1.25 bits per heavy atom. The second-order valence-corrected chi connectivity index (χ2v) is 6.06. The summed E-state index contributed by atoms with van der Waals surface area (Å²) in [5.74, 6) is 0.371. The van der Waals surface area contributed by atoms with Gasteiger partial charge < -0.3 is 14.4 Å². The number of aromatic nitrogens is 4. The van der Waals surface area contributed by atoms with E-state index in [0.29, 0.717) is 13.1 Å². The number of alkyl halides is 3. The molecule has 0 N–H and O–H groups in total. The maximum Gasteiger partial charge on any atom is 0.433 e. The van der Waals surface area contributed by atoms with Crippen molar-refractivity contribution in [1.29, 1.82) is 0 Å². The van der Waals surface area contributed by atoms with E-state index in [0.717, 1.165) is 18.9 Å². The number of nitrogens with zero attached hydrogens (tertiary/aromatic N) is 6.